The molecule has 0 aliphatic carbocycles. The zero-order valence-electron chi connectivity index (χ0n) is 11.1. The first-order valence-electron chi connectivity index (χ1n) is 6.91. The van der Waals surface area contributed by atoms with E-state index in [1.165, 1.54) is 19.3 Å². The fourth-order valence-corrected chi connectivity index (χ4v) is 3.73. The highest BCUT2D eigenvalue weighted by Crippen LogP contribution is 2.32. The number of rotatable bonds is 2. The Labute approximate surface area is 121 Å². The van der Waals surface area contributed by atoms with Crippen molar-refractivity contribution in [3.8, 4) is 0 Å². The second-order valence-corrected chi connectivity index (χ2v) is 6.43. The molecule has 2 unspecified atom stereocenters. The third-order valence-corrected chi connectivity index (χ3v) is 4.90. The Morgan fingerprint density at radius 1 is 1.37 bits per heavy atom. The summed E-state index contributed by atoms with van der Waals surface area (Å²) in [7, 11) is 2.22. The highest BCUT2D eigenvalue weighted by molar-refractivity contribution is 9.10. The molecule has 2 fully saturated rings. The van der Waals surface area contributed by atoms with Crippen LogP contribution in [0, 0.1) is 0 Å². The number of nitrogens with zero attached hydrogens (tertiary/aromatic N) is 1. The molecule has 1 amide bonds. The van der Waals surface area contributed by atoms with Crippen LogP contribution in [0.5, 0.6) is 0 Å². The molecule has 0 radical (unpaired) electrons. The van der Waals surface area contributed by atoms with E-state index in [2.05, 4.69) is 33.2 Å². The maximum absolute atomic E-state index is 12.1. The second-order valence-electron chi connectivity index (χ2n) is 5.65. The molecule has 19 heavy (non-hydrogen) atoms. The molecule has 3 heterocycles. The highest BCUT2D eigenvalue weighted by Gasteiger charge is 2.36. The summed E-state index contributed by atoms with van der Waals surface area (Å²) in [5, 5.41) is 3.12. The molecule has 0 spiro atoms. The number of halogens is 1. The molecule has 0 aromatic carbocycles. The quantitative estimate of drug-likeness (QED) is 0.908. The maximum atomic E-state index is 12.1. The molecule has 2 aliphatic heterocycles. The molecule has 1 N–H and O–H groups in total. The minimum Gasteiger partial charge on any atom is -0.444 e. The van der Waals surface area contributed by atoms with E-state index >= 15 is 0 Å². The van der Waals surface area contributed by atoms with E-state index in [0.717, 1.165) is 12.8 Å². The molecule has 4 nitrogen and oxygen atoms in total. The van der Waals surface area contributed by atoms with Gasteiger partial charge in [-0.2, -0.15) is 0 Å². The molecule has 0 saturated carbocycles. The molecule has 2 saturated heterocycles. The molecule has 5 heteroatoms. The van der Waals surface area contributed by atoms with Gasteiger partial charge < -0.3 is 14.6 Å². The van der Waals surface area contributed by atoms with Gasteiger partial charge in [-0.3, -0.25) is 4.79 Å². The van der Waals surface area contributed by atoms with Gasteiger partial charge in [0.15, 0.2) is 10.4 Å². The van der Waals surface area contributed by atoms with Crippen LogP contribution in [0.15, 0.2) is 21.2 Å². The Hall–Kier alpha value is -0.810. The van der Waals surface area contributed by atoms with E-state index < -0.39 is 0 Å². The van der Waals surface area contributed by atoms with Gasteiger partial charge in [-0.05, 0) is 60.8 Å². The molecule has 2 bridgehead atoms. The third-order valence-electron chi connectivity index (χ3n) is 4.47. The van der Waals surface area contributed by atoms with E-state index in [0.29, 0.717) is 22.5 Å². The zero-order chi connectivity index (χ0) is 13.4. The van der Waals surface area contributed by atoms with E-state index in [1.54, 1.807) is 12.1 Å². The predicted octanol–water partition coefficient (Wildman–Crippen LogP) is 2.79. The van der Waals surface area contributed by atoms with Crippen LogP contribution in [0.3, 0.4) is 0 Å². The first-order valence-corrected chi connectivity index (χ1v) is 7.71. The number of amides is 1. The Balaban J connectivity index is 1.63. The van der Waals surface area contributed by atoms with Crippen molar-refractivity contribution >= 4 is 21.8 Å². The van der Waals surface area contributed by atoms with Gasteiger partial charge in [0.25, 0.3) is 5.91 Å². The van der Waals surface area contributed by atoms with Crippen LogP contribution in [-0.4, -0.2) is 36.0 Å². The van der Waals surface area contributed by atoms with Gasteiger partial charge in [0.05, 0.1) is 0 Å². The van der Waals surface area contributed by atoms with Crippen molar-refractivity contribution in [2.24, 2.45) is 0 Å². The molecule has 2 atom stereocenters. The Bertz CT molecular complexity index is 460. The lowest BCUT2D eigenvalue weighted by molar-refractivity contribution is 0.0457. The number of hydrogen-bond acceptors (Lipinski definition) is 3. The average Bonchev–Trinajstić information content (AvgIpc) is 2.77. The summed E-state index contributed by atoms with van der Waals surface area (Å²) in [6.45, 7) is 0. The summed E-state index contributed by atoms with van der Waals surface area (Å²) >= 11 is 3.22. The number of nitrogens with one attached hydrogen (secondary N) is 1. The van der Waals surface area contributed by atoms with Crippen molar-refractivity contribution in [2.45, 2.75) is 50.2 Å². The van der Waals surface area contributed by atoms with E-state index in [1.807, 2.05) is 0 Å². The number of hydrogen-bond donors (Lipinski definition) is 1. The standard InChI is InChI=1S/C14H19BrN2O2/c1-17-10-3-2-4-11(17)8-9(7-10)16-14(18)12-5-6-13(15)19-12/h5-6,9-11H,2-4,7-8H2,1H3,(H,16,18). The van der Waals surface area contributed by atoms with Crippen molar-refractivity contribution in [3.05, 3.63) is 22.6 Å². The second kappa shape index (κ2) is 5.29. The lowest BCUT2D eigenvalue weighted by Gasteiger charge is -2.47. The predicted molar refractivity (Wildman–Crippen MR) is 76.1 cm³/mol. The summed E-state index contributed by atoms with van der Waals surface area (Å²) < 4.78 is 5.89. The average molecular weight is 327 g/mol. The lowest BCUT2D eigenvalue weighted by Crippen LogP contribution is -2.55. The Morgan fingerprint density at radius 3 is 2.63 bits per heavy atom. The van der Waals surface area contributed by atoms with Gasteiger partial charge in [0.2, 0.25) is 0 Å². The van der Waals surface area contributed by atoms with Gasteiger partial charge in [0.1, 0.15) is 0 Å². The molecule has 3 rings (SSSR count). The van der Waals surface area contributed by atoms with Crippen molar-refractivity contribution in [2.75, 3.05) is 7.05 Å². The van der Waals surface area contributed by atoms with Gasteiger partial charge in [-0.1, -0.05) is 6.42 Å². The minimum atomic E-state index is -0.0988. The summed E-state index contributed by atoms with van der Waals surface area (Å²) in [5.74, 6) is 0.286. The van der Waals surface area contributed by atoms with Crippen molar-refractivity contribution in [3.63, 3.8) is 0 Å². The minimum absolute atomic E-state index is 0.0988. The van der Waals surface area contributed by atoms with Crippen LogP contribution >= 0.6 is 15.9 Å². The van der Waals surface area contributed by atoms with Gasteiger partial charge in [-0.25, -0.2) is 0 Å². The summed E-state index contributed by atoms with van der Waals surface area (Å²) in [6, 6.07) is 4.98. The van der Waals surface area contributed by atoms with E-state index in [-0.39, 0.29) is 11.9 Å². The summed E-state index contributed by atoms with van der Waals surface area (Å²) in [6.07, 6.45) is 5.95. The lowest BCUT2D eigenvalue weighted by atomic mass is 9.82. The number of fused-ring (bicyclic) bond motifs is 2. The topological polar surface area (TPSA) is 45.5 Å². The molecular weight excluding hydrogens is 308 g/mol. The molecule has 104 valence electrons. The first-order chi connectivity index (χ1) is 9.13. The molecule has 1 aromatic rings. The Morgan fingerprint density at radius 2 is 2.05 bits per heavy atom. The number of furan rings is 1. The van der Waals surface area contributed by atoms with Crippen LogP contribution in [0.1, 0.15) is 42.7 Å². The molecular formula is C14H19BrN2O2. The fourth-order valence-electron chi connectivity index (χ4n) is 3.43. The first kappa shape index (κ1) is 13.2. The summed E-state index contributed by atoms with van der Waals surface area (Å²) in [5.41, 5.74) is 0. The fraction of sp³-hybridized carbons (Fsp3) is 0.643. The largest absolute Gasteiger partial charge is 0.444 e. The van der Waals surface area contributed by atoms with Crippen LogP contribution in [0.25, 0.3) is 0 Å². The van der Waals surface area contributed by atoms with Gasteiger partial charge >= 0.3 is 0 Å². The SMILES string of the molecule is CN1C2CCCC1CC(NC(=O)c1ccc(Br)o1)C2. The van der Waals surface area contributed by atoms with Crippen LogP contribution < -0.4 is 5.32 Å². The summed E-state index contributed by atoms with van der Waals surface area (Å²) in [4.78, 5) is 14.6. The van der Waals surface area contributed by atoms with Crippen molar-refractivity contribution < 1.29 is 9.21 Å². The van der Waals surface area contributed by atoms with Crippen molar-refractivity contribution in [1.82, 2.24) is 10.2 Å². The number of carbonyl (C=O) groups is 1. The third kappa shape index (κ3) is 2.72. The van der Waals surface area contributed by atoms with Crippen molar-refractivity contribution in [1.29, 1.82) is 0 Å². The normalized spacial score (nSPS) is 31.2. The van der Waals surface area contributed by atoms with Crippen LogP contribution in [-0.2, 0) is 0 Å². The van der Waals surface area contributed by atoms with E-state index in [4.69, 9.17) is 4.42 Å². The Kier molecular flexibility index (Phi) is 3.67. The number of carbonyl (C=O) groups excluding carboxylic acids is 1. The zero-order valence-corrected chi connectivity index (χ0v) is 12.6. The van der Waals surface area contributed by atoms with Gasteiger partial charge in [0, 0.05) is 18.1 Å². The number of piperidine rings is 2. The van der Waals surface area contributed by atoms with E-state index in [9.17, 15) is 4.79 Å². The molecule has 2 aliphatic rings. The van der Waals surface area contributed by atoms with Crippen LogP contribution in [0.4, 0.5) is 0 Å². The maximum Gasteiger partial charge on any atom is 0.287 e. The van der Waals surface area contributed by atoms with Crippen LogP contribution in [0.2, 0.25) is 0 Å². The monoisotopic (exact) mass is 326 g/mol. The van der Waals surface area contributed by atoms with Gasteiger partial charge in [-0.15, -0.1) is 0 Å². The molecule has 1 aromatic heterocycles. The smallest absolute Gasteiger partial charge is 0.287 e. The highest BCUT2D eigenvalue weighted by atomic mass is 79.9.